The summed E-state index contributed by atoms with van der Waals surface area (Å²) in [6.07, 6.45) is -0.562. The van der Waals surface area contributed by atoms with Crippen molar-refractivity contribution in [3.63, 3.8) is 0 Å². The lowest BCUT2D eigenvalue weighted by Gasteiger charge is -2.36. The summed E-state index contributed by atoms with van der Waals surface area (Å²) in [6.45, 7) is 4.66. The van der Waals surface area contributed by atoms with Crippen molar-refractivity contribution in [2.45, 2.75) is 0 Å². The summed E-state index contributed by atoms with van der Waals surface area (Å²) in [7, 11) is 1.52. The van der Waals surface area contributed by atoms with Crippen molar-refractivity contribution < 1.29 is 14.3 Å². The topological polar surface area (TPSA) is 73.9 Å². The van der Waals surface area contributed by atoms with Gasteiger partial charge in [-0.25, -0.2) is 4.79 Å². The Labute approximate surface area is 171 Å². The number of fused-ring (bicyclic) bond motifs is 1. The third-order valence-corrected chi connectivity index (χ3v) is 4.79. The van der Waals surface area contributed by atoms with Gasteiger partial charge in [0.15, 0.2) is 0 Å². The first kappa shape index (κ1) is 21.8. The van der Waals surface area contributed by atoms with Gasteiger partial charge in [0.25, 0.3) is 0 Å². The molecule has 0 bridgehead atoms. The van der Waals surface area contributed by atoms with E-state index in [1.165, 1.54) is 23.5 Å². The Morgan fingerprint density at radius 1 is 1.04 bits per heavy atom. The first-order valence-corrected chi connectivity index (χ1v) is 9.23. The summed E-state index contributed by atoms with van der Waals surface area (Å²) in [5, 5.41) is 7.39. The molecule has 7 nitrogen and oxygen atoms in total. The molecule has 0 saturated carbocycles. The highest BCUT2D eigenvalue weighted by Crippen LogP contribution is 2.27. The van der Waals surface area contributed by atoms with E-state index in [1.807, 2.05) is 0 Å². The smallest absolute Gasteiger partial charge is 0.407 e. The van der Waals surface area contributed by atoms with Crippen molar-refractivity contribution >= 4 is 40.9 Å². The second kappa shape index (κ2) is 10.7. The zero-order valence-electron chi connectivity index (χ0n) is 16.0. The summed E-state index contributed by atoms with van der Waals surface area (Å²) < 4.78 is 5.12. The molecule has 0 atom stereocenters. The van der Waals surface area contributed by atoms with E-state index in [2.05, 4.69) is 62.9 Å². The summed E-state index contributed by atoms with van der Waals surface area (Å²) in [6, 6.07) is 14.9. The van der Waals surface area contributed by atoms with Crippen LogP contribution in [-0.2, 0) is 9.53 Å². The van der Waals surface area contributed by atoms with Crippen molar-refractivity contribution in [3.05, 3.63) is 42.5 Å². The number of rotatable bonds is 6. The van der Waals surface area contributed by atoms with E-state index in [0.29, 0.717) is 13.2 Å². The number of nitrogens with one attached hydrogen (secondary N) is 2. The predicted octanol–water partition coefficient (Wildman–Crippen LogP) is 1.86. The van der Waals surface area contributed by atoms with Gasteiger partial charge in [-0.3, -0.25) is 9.69 Å². The highest BCUT2D eigenvalue weighted by Gasteiger charge is 2.18. The lowest BCUT2D eigenvalue weighted by Crippen LogP contribution is -2.47. The Hall–Kier alpha value is -2.51. The van der Waals surface area contributed by atoms with Gasteiger partial charge >= 0.3 is 6.09 Å². The molecule has 1 aliphatic heterocycles. The van der Waals surface area contributed by atoms with Crippen molar-refractivity contribution in [2.75, 3.05) is 57.8 Å². The molecule has 0 unspecified atom stereocenters. The van der Waals surface area contributed by atoms with Crippen LogP contribution < -0.4 is 15.5 Å². The van der Waals surface area contributed by atoms with E-state index in [9.17, 15) is 9.59 Å². The van der Waals surface area contributed by atoms with Crippen LogP contribution in [0.5, 0.6) is 0 Å². The van der Waals surface area contributed by atoms with Crippen molar-refractivity contribution in [1.29, 1.82) is 0 Å². The molecule has 2 amide bonds. The maximum atomic E-state index is 11.5. The van der Waals surface area contributed by atoms with Crippen LogP contribution in [0.1, 0.15) is 0 Å². The maximum absolute atomic E-state index is 11.5. The van der Waals surface area contributed by atoms with Gasteiger partial charge in [0.05, 0.1) is 6.54 Å². The fourth-order valence-corrected chi connectivity index (χ4v) is 3.26. The van der Waals surface area contributed by atoms with Gasteiger partial charge in [0, 0.05) is 50.8 Å². The standard InChI is InChI=1S/C20H26N4O3.ClH/c1-21-19(25)15-22-20(26)27-14-13-23-9-11-24(12-10-23)18-8-4-6-16-5-2-3-7-17(16)18;/h2-8H,9-15H2,1H3,(H,21,25)(H,22,26);1H. The molecule has 28 heavy (non-hydrogen) atoms. The Morgan fingerprint density at radius 3 is 2.50 bits per heavy atom. The second-order valence-electron chi connectivity index (χ2n) is 6.49. The molecule has 2 aromatic rings. The molecule has 0 radical (unpaired) electrons. The van der Waals surface area contributed by atoms with Crippen LogP contribution in [0.25, 0.3) is 10.8 Å². The van der Waals surface area contributed by atoms with Gasteiger partial charge in [0.2, 0.25) is 5.91 Å². The number of carbonyl (C=O) groups excluding carboxylic acids is 2. The minimum atomic E-state index is -0.562. The van der Waals surface area contributed by atoms with Gasteiger partial charge in [0.1, 0.15) is 6.61 Å². The number of benzene rings is 2. The monoisotopic (exact) mass is 406 g/mol. The van der Waals surface area contributed by atoms with Gasteiger partial charge in [-0.1, -0.05) is 36.4 Å². The van der Waals surface area contributed by atoms with E-state index in [4.69, 9.17) is 4.74 Å². The molecular formula is C20H27ClN4O3. The predicted molar refractivity (Wildman–Crippen MR) is 113 cm³/mol. The number of halogens is 1. The van der Waals surface area contributed by atoms with Crippen LogP contribution in [0.15, 0.2) is 42.5 Å². The number of carbonyl (C=O) groups is 2. The quantitative estimate of drug-likeness (QED) is 0.766. The third kappa shape index (κ3) is 5.74. The number of hydrogen-bond acceptors (Lipinski definition) is 5. The fraction of sp³-hybridized carbons (Fsp3) is 0.400. The summed E-state index contributed by atoms with van der Waals surface area (Å²) in [4.78, 5) is 27.3. The molecule has 2 N–H and O–H groups in total. The van der Waals surface area contributed by atoms with Gasteiger partial charge < -0.3 is 20.3 Å². The number of hydrogen-bond donors (Lipinski definition) is 2. The minimum Gasteiger partial charge on any atom is -0.448 e. The number of nitrogens with zero attached hydrogens (tertiary/aromatic N) is 2. The molecule has 1 aliphatic rings. The SMILES string of the molecule is CNC(=O)CNC(=O)OCCN1CCN(c2cccc3ccccc23)CC1.Cl. The molecule has 0 aliphatic carbocycles. The lowest BCUT2D eigenvalue weighted by atomic mass is 10.1. The molecule has 0 spiro atoms. The van der Waals surface area contributed by atoms with Crippen LogP contribution in [0, 0.1) is 0 Å². The maximum Gasteiger partial charge on any atom is 0.407 e. The highest BCUT2D eigenvalue weighted by molar-refractivity contribution is 5.94. The second-order valence-corrected chi connectivity index (χ2v) is 6.49. The lowest BCUT2D eigenvalue weighted by molar-refractivity contribution is -0.119. The molecule has 1 heterocycles. The Balaban J connectivity index is 0.00000280. The molecule has 1 fully saturated rings. The molecule has 2 aromatic carbocycles. The zero-order chi connectivity index (χ0) is 19.1. The van der Waals surface area contributed by atoms with E-state index >= 15 is 0 Å². The average Bonchev–Trinajstić information content (AvgIpc) is 2.72. The Bertz CT molecular complexity index is 789. The number of anilines is 1. The molecular weight excluding hydrogens is 380 g/mol. The summed E-state index contributed by atoms with van der Waals surface area (Å²) >= 11 is 0. The van der Waals surface area contributed by atoms with Crippen molar-refractivity contribution in [2.24, 2.45) is 0 Å². The number of amides is 2. The number of alkyl carbamates (subject to hydrolysis) is 1. The fourth-order valence-electron chi connectivity index (χ4n) is 3.26. The minimum absolute atomic E-state index is 0. The normalized spacial score (nSPS) is 14.2. The molecule has 3 rings (SSSR count). The summed E-state index contributed by atoms with van der Waals surface area (Å²) in [5.41, 5.74) is 1.28. The van der Waals surface area contributed by atoms with E-state index in [1.54, 1.807) is 0 Å². The Kier molecular flexibility index (Phi) is 8.35. The van der Waals surface area contributed by atoms with Crippen LogP contribution in [0.2, 0.25) is 0 Å². The first-order valence-electron chi connectivity index (χ1n) is 9.23. The zero-order valence-corrected chi connectivity index (χ0v) is 16.8. The van der Waals surface area contributed by atoms with Gasteiger partial charge in [-0.2, -0.15) is 0 Å². The molecule has 1 saturated heterocycles. The van der Waals surface area contributed by atoms with Crippen molar-refractivity contribution in [3.8, 4) is 0 Å². The van der Waals surface area contributed by atoms with Crippen molar-refractivity contribution in [1.82, 2.24) is 15.5 Å². The first-order chi connectivity index (χ1) is 13.2. The number of ether oxygens (including phenoxy) is 1. The average molecular weight is 407 g/mol. The van der Waals surface area contributed by atoms with E-state index in [-0.39, 0.29) is 24.9 Å². The largest absolute Gasteiger partial charge is 0.448 e. The van der Waals surface area contributed by atoms with E-state index in [0.717, 1.165) is 26.2 Å². The molecule has 8 heteroatoms. The van der Waals surface area contributed by atoms with Crippen LogP contribution in [0.4, 0.5) is 10.5 Å². The molecule has 152 valence electrons. The van der Waals surface area contributed by atoms with Crippen LogP contribution >= 0.6 is 12.4 Å². The number of piperazine rings is 1. The number of likely N-dealkylation sites (N-methyl/N-ethyl adjacent to an activating group) is 1. The van der Waals surface area contributed by atoms with Gasteiger partial charge in [-0.05, 0) is 11.5 Å². The summed E-state index contributed by atoms with van der Waals surface area (Å²) in [5.74, 6) is -0.253. The molecule has 0 aromatic heterocycles. The van der Waals surface area contributed by atoms with Crippen LogP contribution in [-0.4, -0.2) is 69.8 Å². The van der Waals surface area contributed by atoms with E-state index < -0.39 is 6.09 Å². The van der Waals surface area contributed by atoms with Gasteiger partial charge in [-0.15, -0.1) is 12.4 Å². The third-order valence-electron chi connectivity index (χ3n) is 4.79. The Morgan fingerprint density at radius 2 is 1.75 bits per heavy atom. The highest BCUT2D eigenvalue weighted by atomic mass is 35.5. The van der Waals surface area contributed by atoms with Crippen LogP contribution in [0.3, 0.4) is 0 Å².